The van der Waals surface area contributed by atoms with E-state index in [1.54, 1.807) is 0 Å². The van der Waals surface area contributed by atoms with Crippen LogP contribution in [0.5, 0.6) is 0 Å². The minimum absolute atomic E-state index is 0.411. The molecule has 0 bridgehead atoms. The summed E-state index contributed by atoms with van der Waals surface area (Å²) in [6.45, 7) is 4.58. The average molecular weight is 216 g/mol. The van der Waals surface area contributed by atoms with Gasteiger partial charge in [0.2, 0.25) is 0 Å². The second kappa shape index (κ2) is 4.06. The zero-order valence-electron chi connectivity index (χ0n) is 9.86. The van der Waals surface area contributed by atoms with Crippen LogP contribution in [-0.2, 0) is 13.6 Å². The molecule has 2 rings (SSSR count). The molecule has 84 valence electrons. The van der Waals surface area contributed by atoms with Gasteiger partial charge in [-0.3, -0.25) is 0 Å². The van der Waals surface area contributed by atoms with Gasteiger partial charge in [-0.25, -0.2) is 0 Å². The van der Waals surface area contributed by atoms with Crippen LogP contribution in [0.3, 0.4) is 0 Å². The van der Waals surface area contributed by atoms with E-state index < -0.39 is 0 Å². The molecule has 0 spiro atoms. The van der Waals surface area contributed by atoms with Crippen LogP contribution in [0.25, 0.3) is 11.4 Å². The highest BCUT2D eigenvalue weighted by Crippen LogP contribution is 2.25. The molecule has 2 aromatic rings. The number of hydrogen-bond donors (Lipinski definition) is 1. The summed E-state index contributed by atoms with van der Waals surface area (Å²) in [5.41, 5.74) is 9.16. The molecule has 0 radical (unpaired) electrons. The SMILES string of the molecule is Cc1cccc(C)c1-c1nnc(CN)n1C. The van der Waals surface area contributed by atoms with Crippen molar-refractivity contribution in [1.82, 2.24) is 14.8 Å². The van der Waals surface area contributed by atoms with Crippen molar-refractivity contribution in [2.75, 3.05) is 0 Å². The van der Waals surface area contributed by atoms with Gasteiger partial charge >= 0.3 is 0 Å². The van der Waals surface area contributed by atoms with Crippen LogP contribution >= 0.6 is 0 Å². The quantitative estimate of drug-likeness (QED) is 0.828. The molecule has 1 heterocycles. The Morgan fingerprint density at radius 3 is 2.31 bits per heavy atom. The van der Waals surface area contributed by atoms with E-state index in [-0.39, 0.29) is 0 Å². The van der Waals surface area contributed by atoms with Gasteiger partial charge in [0.1, 0.15) is 5.82 Å². The third kappa shape index (κ3) is 1.61. The van der Waals surface area contributed by atoms with E-state index in [9.17, 15) is 0 Å². The first kappa shape index (κ1) is 10.8. The molecule has 0 amide bonds. The molecule has 4 heteroatoms. The van der Waals surface area contributed by atoms with Gasteiger partial charge in [0.15, 0.2) is 5.82 Å². The van der Waals surface area contributed by atoms with Crippen LogP contribution in [-0.4, -0.2) is 14.8 Å². The van der Waals surface area contributed by atoms with E-state index in [1.165, 1.54) is 11.1 Å². The van der Waals surface area contributed by atoms with Gasteiger partial charge in [-0.15, -0.1) is 10.2 Å². The summed E-state index contributed by atoms with van der Waals surface area (Å²) >= 11 is 0. The van der Waals surface area contributed by atoms with Gasteiger partial charge < -0.3 is 10.3 Å². The van der Waals surface area contributed by atoms with Gasteiger partial charge in [0.05, 0.1) is 6.54 Å². The van der Waals surface area contributed by atoms with Crippen LogP contribution < -0.4 is 5.73 Å². The summed E-state index contributed by atoms with van der Waals surface area (Å²) in [5.74, 6) is 1.69. The van der Waals surface area contributed by atoms with Crippen LogP contribution in [0.4, 0.5) is 0 Å². The topological polar surface area (TPSA) is 56.7 Å². The lowest BCUT2D eigenvalue weighted by Crippen LogP contribution is -2.06. The van der Waals surface area contributed by atoms with Gasteiger partial charge in [-0.1, -0.05) is 18.2 Å². The lowest BCUT2D eigenvalue weighted by molar-refractivity contribution is 0.796. The third-order valence-corrected chi connectivity index (χ3v) is 2.85. The van der Waals surface area contributed by atoms with Crippen molar-refractivity contribution >= 4 is 0 Å². The van der Waals surface area contributed by atoms with Crippen molar-refractivity contribution in [2.45, 2.75) is 20.4 Å². The van der Waals surface area contributed by atoms with Gasteiger partial charge in [0.25, 0.3) is 0 Å². The maximum absolute atomic E-state index is 5.59. The van der Waals surface area contributed by atoms with E-state index in [4.69, 9.17) is 5.73 Å². The molecule has 16 heavy (non-hydrogen) atoms. The fourth-order valence-electron chi connectivity index (χ4n) is 1.92. The molecule has 0 saturated heterocycles. The van der Waals surface area contributed by atoms with Crippen LogP contribution in [0.15, 0.2) is 18.2 Å². The number of aromatic nitrogens is 3. The van der Waals surface area contributed by atoms with Crippen molar-refractivity contribution < 1.29 is 0 Å². The molecule has 0 unspecified atom stereocenters. The first-order valence-electron chi connectivity index (χ1n) is 5.30. The van der Waals surface area contributed by atoms with Crippen molar-refractivity contribution in [3.63, 3.8) is 0 Å². The number of nitrogens with two attached hydrogens (primary N) is 1. The Hall–Kier alpha value is -1.68. The van der Waals surface area contributed by atoms with E-state index in [0.717, 1.165) is 17.2 Å². The third-order valence-electron chi connectivity index (χ3n) is 2.85. The summed E-state index contributed by atoms with van der Waals surface area (Å²) in [6, 6.07) is 6.21. The minimum atomic E-state index is 0.411. The molecule has 0 aliphatic heterocycles. The Bertz CT molecular complexity index is 493. The largest absolute Gasteiger partial charge is 0.324 e. The minimum Gasteiger partial charge on any atom is -0.324 e. The zero-order chi connectivity index (χ0) is 11.7. The van der Waals surface area contributed by atoms with Crippen molar-refractivity contribution in [1.29, 1.82) is 0 Å². The van der Waals surface area contributed by atoms with E-state index in [1.807, 2.05) is 17.7 Å². The van der Waals surface area contributed by atoms with Gasteiger partial charge in [0, 0.05) is 12.6 Å². The molecule has 0 aliphatic rings. The monoisotopic (exact) mass is 216 g/mol. The second-order valence-electron chi connectivity index (χ2n) is 3.97. The Kier molecular flexibility index (Phi) is 2.75. The Labute approximate surface area is 95.1 Å². The summed E-state index contributed by atoms with van der Waals surface area (Å²) in [4.78, 5) is 0. The van der Waals surface area contributed by atoms with Crippen molar-refractivity contribution in [2.24, 2.45) is 12.8 Å². The van der Waals surface area contributed by atoms with Crippen LogP contribution in [0, 0.1) is 13.8 Å². The molecular formula is C12H16N4. The van der Waals surface area contributed by atoms with Crippen LogP contribution in [0.2, 0.25) is 0 Å². The molecule has 0 saturated carbocycles. The average Bonchev–Trinajstić information content (AvgIpc) is 2.60. The maximum Gasteiger partial charge on any atom is 0.164 e. The molecule has 1 aromatic heterocycles. The van der Waals surface area contributed by atoms with E-state index in [0.29, 0.717) is 6.54 Å². The highest BCUT2D eigenvalue weighted by molar-refractivity contribution is 5.64. The Balaban J connectivity index is 2.63. The summed E-state index contributed by atoms with van der Waals surface area (Å²) < 4.78 is 1.95. The molecule has 0 aliphatic carbocycles. The highest BCUT2D eigenvalue weighted by atomic mass is 15.3. The molecule has 2 N–H and O–H groups in total. The van der Waals surface area contributed by atoms with E-state index >= 15 is 0 Å². The van der Waals surface area contributed by atoms with Crippen molar-refractivity contribution in [3.8, 4) is 11.4 Å². The smallest absolute Gasteiger partial charge is 0.164 e. The Morgan fingerprint density at radius 1 is 1.19 bits per heavy atom. The first-order chi connectivity index (χ1) is 7.65. The first-order valence-corrected chi connectivity index (χ1v) is 5.30. The molecule has 0 fully saturated rings. The molecule has 1 aromatic carbocycles. The zero-order valence-corrected chi connectivity index (χ0v) is 9.86. The van der Waals surface area contributed by atoms with Crippen molar-refractivity contribution in [3.05, 3.63) is 35.2 Å². The van der Waals surface area contributed by atoms with Gasteiger partial charge in [-0.2, -0.15) is 0 Å². The predicted octanol–water partition coefficient (Wildman–Crippen LogP) is 1.56. The second-order valence-corrected chi connectivity index (χ2v) is 3.97. The molecular weight excluding hydrogens is 200 g/mol. The van der Waals surface area contributed by atoms with Crippen LogP contribution in [0.1, 0.15) is 17.0 Å². The normalized spacial score (nSPS) is 10.8. The molecule has 4 nitrogen and oxygen atoms in total. The standard InChI is InChI=1S/C12H16N4/c1-8-5-4-6-9(2)11(8)12-15-14-10(7-13)16(12)3/h4-6H,7,13H2,1-3H3. The fraction of sp³-hybridized carbons (Fsp3) is 0.333. The number of nitrogens with zero attached hydrogens (tertiary/aromatic N) is 3. The predicted molar refractivity (Wildman–Crippen MR) is 63.8 cm³/mol. The lowest BCUT2D eigenvalue weighted by Gasteiger charge is -2.09. The lowest BCUT2D eigenvalue weighted by atomic mass is 10.0. The van der Waals surface area contributed by atoms with E-state index in [2.05, 4.69) is 36.2 Å². The Morgan fingerprint density at radius 2 is 1.81 bits per heavy atom. The summed E-state index contributed by atoms with van der Waals surface area (Å²) in [7, 11) is 1.95. The molecule has 0 atom stereocenters. The number of rotatable bonds is 2. The fourth-order valence-corrected chi connectivity index (χ4v) is 1.92. The summed E-state index contributed by atoms with van der Waals surface area (Å²) in [6.07, 6.45) is 0. The maximum atomic E-state index is 5.59. The number of aryl methyl sites for hydroxylation is 2. The number of hydrogen-bond acceptors (Lipinski definition) is 3. The highest BCUT2D eigenvalue weighted by Gasteiger charge is 2.13. The number of benzene rings is 1. The van der Waals surface area contributed by atoms with Gasteiger partial charge in [-0.05, 0) is 25.0 Å². The summed E-state index contributed by atoms with van der Waals surface area (Å²) in [5, 5.41) is 8.29.